The number of aliphatic hydroxyl groups is 1. The number of ether oxygens (including phenoxy) is 6. The van der Waals surface area contributed by atoms with Crippen molar-refractivity contribution in [3.63, 3.8) is 0 Å². The summed E-state index contributed by atoms with van der Waals surface area (Å²) in [4.78, 5) is 53.0. The molecule has 0 radical (unpaired) electrons. The van der Waals surface area contributed by atoms with Crippen molar-refractivity contribution in [3.8, 4) is 34.5 Å². The van der Waals surface area contributed by atoms with E-state index in [1.807, 2.05) is 41.0 Å². The highest BCUT2D eigenvalue weighted by atomic mass is 79.9. The lowest BCUT2D eigenvalue weighted by molar-refractivity contribution is -0.710. The van der Waals surface area contributed by atoms with Crippen LogP contribution in [0.1, 0.15) is 57.8 Å². The van der Waals surface area contributed by atoms with Gasteiger partial charge in [-0.1, -0.05) is 28.5 Å². The van der Waals surface area contributed by atoms with Crippen LogP contribution in [-0.2, 0) is 24.4 Å². The molecule has 3 aliphatic heterocycles. The second kappa shape index (κ2) is 26.1. The number of aliphatic hydroxyl groups excluding tert-OH is 1. The third-order valence-electron chi connectivity index (χ3n) is 15.7. The fourth-order valence-corrected chi connectivity index (χ4v) is 15.0. The van der Waals surface area contributed by atoms with E-state index in [9.17, 15) is 4.79 Å². The molecule has 0 bridgehead atoms. The van der Waals surface area contributed by atoms with Crippen molar-refractivity contribution >= 4 is 140 Å². The van der Waals surface area contributed by atoms with E-state index in [0.29, 0.717) is 81.5 Å². The molecule has 3 aliphatic carbocycles. The van der Waals surface area contributed by atoms with E-state index in [2.05, 4.69) is 97.1 Å². The monoisotopic (exact) mass is 1450 g/mol. The van der Waals surface area contributed by atoms with Crippen molar-refractivity contribution in [2.45, 2.75) is 126 Å². The fraction of sp³-hybridized carbons (Fsp3) is 0.393. The number of aromatic nitrogens is 12. The summed E-state index contributed by atoms with van der Waals surface area (Å²) < 4.78 is 41.8. The van der Waals surface area contributed by atoms with Crippen molar-refractivity contribution in [2.75, 3.05) is 44.2 Å². The third-order valence-corrected chi connectivity index (χ3v) is 21.6. The molecule has 32 heteroatoms. The largest absolute Gasteiger partial charge is 0.454 e. The van der Waals surface area contributed by atoms with Crippen LogP contribution in [0.2, 0.25) is 0 Å². The van der Waals surface area contributed by atoms with Gasteiger partial charge in [0.25, 0.3) is 5.16 Å². The lowest BCUT2D eigenvalue weighted by Crippen LogP contribution is -2.39. The molecule has 6 aromatic heterocycles. The van der Waals surface area contributed by atoms with E-state index in [1.54, 1.807) is 11.8 Å². The maximum atomic E-state index is 11.8. The van der Waals surface area contributed by atoms with E-state index in [0.717, 1.165) is 117 Å². The molecule has 460 valence electrons. The second-order valence-corrected chi connectivity index (χ2v) is 27.4. The molecule has 3 unspecified atom stereocenters. The highest BCUT2D eigenvalue weighted by Gasteiger charge is 2.34. The lowest BCUT2D eigenvalue weighted by Gasteiger charge is -2.19. The number of nitrogen functional groups attached to an aromatic ring is 3. The van der Waals surface area contributed by atoms with E-state index in [-0.39, 0.29) is 44.4 Å². The number of benzene rings is 3. The quantitative estimate of drug-likeness (QED) is 0.0334. The molecule has 3 saturated carbocycles. The van der Waals surface area contributed by atoms with Crippen LogP contribution >= 0.6 is 83.1 Å². The molecule has 6 aliphatic rings. The van der Waals surface area contributed by atoms with Gasteiger partial charge in [0.05, 0.1) is 6.54 Å². The summed E-state index contributed by atoms with van der Waals surface area (Å²) in [5.41, 5.74) is 34.9. The topological polar surface area (TPSA) is 367 Å². The van der Waals surface area contributed by atoms with Gasteiger partial charge in [-0.15, -0.1) is 0 Å². The summed E-state index contributed by atoms with van der Waals surface area (Å²) in [5.74, 6) is 6.81. The number of aryl methyl sites for hydroxylation is 3. The number of nitrogens with two attached hydrogens (primary N) is 5. The first-order chi connectivity index (χ1) is 42.7. The Morgan fingerprint density at radius 3 is 1.51 bits per heavy atom. The molecule has 1 amide bonds. The van der Waals surface area contributed by atoms with Gasteiger partial charge < -0.3 is 76.6 Å². The Morgan fingerprint density at radius 1 is 0.602 bits per heavy atom. The average molecular weight is 1450 g/mol. The number of fused-ring (bicyclic) bond motifs is 6. The van der Waals surface area contributed by atoms with Gasteiger partial charge in [0, 0.05) is 59.3 Å². The maximum Gasteiger partial charge on any atom is 0.308 e. The van der Waals surface area contributed by atoms with Gasteiger partial charge in [0.15, 0.2) is 90.9 Å². The Labute approximate surface area is 540 Å². The van der Waals surface area contributed by atoms with Crippen LogP contribution in [0.4, 0.5) is 17.5 Å². The summed E-state index contributed by atoms with van der Waals surface area (Å²) in [6.45, 7) is 2.23. The molecule has 13 N–H and O–H groups in total. The second-order valence-electron chi connectivity index (χ2n) is 21.7. The normalized spacial score (nSPS) is 16.3. The number of hydrogen-bond acceptors (Lipinski definition) is 24. The van der Waals surface area contributed by atoms with Gasteiger partial charge in [-0.3, -0.25) is 9.78 Å². The summed E-state index contributed by atoms with van der Waals surface area (Å²) in [5, 5.41) is 14.5. The van der Waals surface area contributed by atoms with E-state index in [4.69, 9.17) is 72.2 Å². The zero-order chi connectivity index (χ0) is 60.7. The first-order valence-corrected chi connectivity index (χ1v) is 33.2. The Bertz CT molecular complexity index is 3950. The van der Waals surface area contributed by atoms with Crippen molar-refractivity contribution in [2.24, 2.45) is 29.2 Å². The van der Waals surface area contributed by atoms with Crippen LogP contribution in [-0.4, -0.2) is 110 Å². The standard InChI is InChI=1S/C20H21BrN6O4S.2C18H19BrN6O2S/c21-11-5-13-14(31-9-30-13)6-15(11)32-20-26-17-18(22)23-8-24-19(17)27(20)4-3-12(10-1-2-10)25-16(29)7-28;2*19-10-5-12-13(27-8-26-12)6-14(10)28-18-24-15-16(21)22-7-23-17(15)25(18)4-3-11(20)9-1-2-9/h5-6,8,10,12,28H,1-4,7,9H2,(H,25,29)(H2,22,23,24);2*5-7,9,11H,1-4,8,20H2,(H2,21,22,23)/p+1. The molecule has 9 heterocycles. The fourth-order valence-electron chi connectivity index (χ4n) is 10.5. The number of hydrogen-bond donors (Lipinski definition) is 8. The van der Waals surface area contributed by atoms with Crippen molar-refractivity contribution in [1.29, 1.82) is 0 Å². The molecular formula is C56H60Br3N18O8S3+. The zero-order valence-corrected chi connectivity index (χ0v) is 54.2. The number of amides is 1. The number of halogens is 3. The molecule has 26 nitrogen and oxygen atoms in total. The van der Waals surface area contributed by atoms with Crippen LogP contribution < -0.4 is 67.0 Å². The molecular weight excluding hydrogens is 1390 g/mol. The molecule has 88 heavy (non-hydrogen) atoms. The maximum absolute atomic E-state index is 11.8. The highest BCUT2D eigenvalue weighted by molar-refractivity contribution is 9.11. The van der Waals surface area contributed by atoms with Crippen molar-refractivity contribution in [3.05, 3.63) is 68.8 Å². The van der Waals surface area contributed by atoms with Gasteiger partial charge in [0.1, 0.15) is 19.3 Å². The number of rotatable bonds is 20. The van der Waals surface area contributed by atoms with Crippen LogP contribution in [0.25, 0.3) is 33.5 Å². The summed E-state index contributed by atoms with van der Waals surface area (Å²) in [6, 6.07) is 11.9. The number of carbonyl (C=O) groups is 1. The molecule has 3 fully saturated rings. The minimum absolute atomic E-state index is 0.0126. The third kappa shape index (κ3) is 13.3. The Hall–Kier alpha value is -6.65. The van der Waals surface area contributed by atoms with Crippen LogP contribution in [0, 0.1) is 17.8 Å². The SMILES string of the molecule is Nc1ncnc2c1[nH]c(Sc1cc3c(cc1Br)OCO3)[n+]2CCC(N)C1CC1.Nc1ncnc2c1nc(Sc1cc3c(cc1Br)OCO3)n2CCC(N)C1CC1.Nc1ncnc2c1nc(Sc1cc3c(cc1Br)OCO3)n2CCC(NC(=O)CO)C1CC1. The van der Waals surface area contributed by atoms with E-state index in [1.165, 1.54) is 68.2 Å². The molecule has 9 aromatic rings. The van der Waals surface area contributed by atoms with E-state index < -0.39 is 6.61 Å². The van der Waals surface area contributed by atoms with Crippen molar-refractivity contribution < 1.29 is 42.9 Å². The first-order valence-electron chi connectivity index (χ1n) is 28.4. The van der Waals surface area contributed by atoms with Crippen molar-refractivity contribution in [1.82, 2.24) is 59.3 Å². The summed E-state index contributed by atoms with van der Waals surface area (Å²) in [6.07, 6.45) is 13.9. The summed E-state index contributed by atoms with van der Waals surface area (Å²) >= 11 is 15.4. The molecule has 0 spiro atoms. The number of H-pyrrole nitrogens is 1. The number of anilines is 3. The molecule has 0 saturated heterocycles. The Kier molecular flexibility index (Phi) is 17.8. The van der Waals surface area contributed by atoms with Crippen LogP contribution in [0.5, 0.6) is 34.5 Å². The average Bonchev–Trinajstić information content (AvgIpc) is 2.26. The number of aromatic amines is 1. The number of carbonyl (C=O) groups excluding carboxylic acids is 1. The number of nitrogens with one attached hydrogen (secondary N) is 2. The number of imidazole rings is 3. The first kappa shape index (κ1) is 60.3. The summed E-state index contributed by atoms with van der Waals surface area (Å²) in [7, 11) is 0. The van der Waals surface area contributed by atoms with Gasteiger partial charge in [-0.2, -0.15) is 4.98 Å². The van der Waals surface area contributed by atoms with Gasteiger partial charge >= 0.3 is 5.65 Å². The van der Waals surface area contributed by atoms with E-state index >= 15 is 0 Å². The smallest absolute Gasteiger partial charge is 0.308 e. The number of nitrogens with zero attached hydrogens (tertiary/aromatic N) is 11. The van der Waals surface area contributed by atoms with Crippen LogP contribution in [0.15, 0.2) is 99.0 Å². The molecule has 3 atom stereocenters. The zero-order valence-electron chi connectivity index (χ0n) is 46.9. The minimum atomic E-state index is -0.514. The molecule has 3 aromatic carbocycles. The minimum Gasteiger partial charge on any atom is -0.454 e. The van der Waals surface area contributed by atoms with Gasteiger partial charge in [-0.05, 0) is 171 Å². The Morgan fingerprint density at radius 2 is 1.03 bits per heavy atom. The Balaban J connectivity index is 0.000000122. The predicted octanol–water partition coefficient (Wildman–Crippen LogP) is 8.10. The predicted molar refractivity (Wildman–Crippen MR) is 338 cm³/mol. The lowest BCUT2D eigenvalue weighted by atomic mass is 10.1. The van der Waals surface area contributed by atoms with Gasteiger partial charge in [0.2, 0.25) is 31.8 Å². The molecule has 15 rings (SSSR count). The van der Waals surface area contributed by atoms with Crippen LogP contribution in [0.3, 0.4) is 0 Å². The van der Waals surface area contributed by atoms with Gasteiger partial charge in [-0.25, -0.2) is 34.5 Å². The highest BCUT2D eigenvalue weighted by Crippen LogP contribution is 2.47.